The van der Waals surface area contributed by atoms with Gasteiger partial charge in [0.25, 0.3) is 10.0 Å². The lowest BCUT2D eigenvalue weighted by Crippen LogP contribution is -2.46. The van der Waals surface area contributed by atoms with Gasteiger partial charge in [0, 0.05) is 18.6 Å². The minimum atomic E-state index is -3.50. The molecule has 2 fully saturated rings. The van der Waals surface area contributed by atoms with Gasteiger partial charge in [-0.15, -0.1) is 0 Å². The van der Waals surface area contributed by atoms with E-state index in [4.69, 9.17) is 5.73 Å². The number of nitrogens with two attached hydrogens (primary N) is 1. The summed E-state index contributed by atoms with van der Waals surface area (Å²) in [5.41, 5.74) is 6.08. The molecule has 2 aliphatic heterocycles. The maximum absolute atomic E-state index is 12.5. The average molecular weight is 316 g/mol. The minimum absolute atomic E-state index is 0.0167. The summed E-state index contributed by atoms with van der Waals surface area (Å²) in [6, 6.07) is 0.368. The van der Waals surface area contributed by atoms with E-state index in [1.54, 1.807) is 6.92 Å². The number of hydrogen-bond acceptors (Lipinski definition) is 6. The van der Waals surface area contributed by atoms with E-state index in [0.717, 1.165) is 37.3 Å². The first-order valence-corrected chi connectivity index (χ1v) is 9.26. The Bertz CT molecular complexity index is 599. The number of thiazole rings is 1. The van der Waals surface area contributed by atoms with Crippen LogP contribution in [0.1, 0.15) is 31.4 Å². The van der Waals surface area contributed by atoms with Crippen LogP contribution in [-0.2, 0) is 10.0 Å². The van der Waals surface area contributed by atoms with Crippen LogP contribution in [0.4, 0.5) is 5.13 Å². The largest absolute Gasteiger partial charge is 0.375 e. The van der Waals surface area contributed by atoms with Crippen LogP contribution in [0.15, 0.2) is 4.21 Å². The molecule has 8 heteroatoms. The van der Waals surface area contributed by atoms with Gasteiger partial charge in [-0.05, 0) is 32.7 Å². The second-order valence-corrected chi connectivity index (χ2v) is 8.48. The molecule has 3 N–H and O–H groups in total. The number of rotatable bonds is 3. The van der Waals surface area contributed by atoms with Crippen LogP contribution in [0.2, 0.25) is 0 Å². The molecule has 0 bridgehead atoms. The predicted octanol–water partition coefficient (Wildman–Crippen LogP) is 0.939. The van der Waals surface area contributed by atoms with E-state index in [-0.39, 0.29) is 10.3 Å². The molecule has 3 rings (SSSR count). The predicted molar refractivity (Wildman–Crippen MR) is 79.2 cm³/mol. The number of nitrogens with one attached hydrogen (secondary N) is 1. The molecule has 2 atom stereocenters. The molecule has 0 saturated carbocycles. The van der Waals surface area contributed by atoms with Crippen molar-refractivity contribution in [1.82, 2.24) is 14.6 Å². The lowest BCUT2D eigenvalue weighted by Gasteiger charge is -2.32. The fourth-order valence-corrected chi connectivity index (χ4v) is 5.91. The van der Waals surface area contributed by atoms with Crippen molar-refractivity contribution in [2.75, 3.05) is 18.8 Å². The van der Waals surface area contributed by atoms with Crippen LogP contribution in [0, 0.1) is 6.92 Å². The van der Waals surface area contributed by atoms with Gasteiger partial charge in [0.1, 0.15) is 0 Å². The first kappa shape index (κ1) is 14.2. The summed E-state index contributed by atoms with van der Waals surface area (Å²) in [6.07, 6.45) is 4.38. The van der Waals surface area contributed by atoms with Crippen LogP contribution in [0.25, 0.3) is 0 Å². The van der Waals surface area contributed by atoms with E-state index in [1.807, 2.05) is 0 Å². The SMILES string of the molecule is Cc1nc(N)sc1S(=O)(=O)NC1CCN2CCCCC12. The van der Waals surface area contributed by atoms with Crippen LogP contribution < -0.4 is 10.5 Å². The van der Waals surface area contributed by atoms with Gasteiger partial charge < -0.3 is 5.73 Å². The van der Waals surface area contributed by atoms with Crippen molar-refractivity contribution in [2.45, 2.75) is 48.9 Å². The van der Waals surface area contributed by atoms with Gasteiger partial charge in [-0.25, -0.2) is 18.1 Å². The number of anilines is 1. The maximum atomic E-state index is 12.5. The highest BCUT2D eigenvalue weighted by Crippen LogP contribution is 2.30. The summed E-state index contributed by atoms with van der Waals surface area (Å²) in [7, 11) is -3.50. The van der Waals surface area contributed by atoms with E-state index in [1.165, 1.54) is 12.8 Å². The standard InChI is InChI=1S/C12H20N4O2S2/c1-8-11(19-12(13)14-8)20(17,18)15-9-5-7-16-6-3-2-4-10(9)16/h9-10,15H,2-7H2,1H3,(H2,13,14). The number of aromatic nitrogens is 1. The molecule has 1 aromatic heterocycles. The minimum Gasteiger partial charge on any atom is -0.375 e. The van der Waals surface area contributed by atoms with Crippen molar-refractivity contribution in [3.63, 3.8) is 0 Å². The fourth-order valence-electron chi connectivity index (χ4n) is 3.29. The Kier molecular flexibility index (Phi) is 3.74. The quantitative estimate of drug-likeness (QED) is 0.866. The third kappa shape index (κ3) is 2.57. The maximum Gasteiger partial charge on any atom is 0.252 e. The van der Waals surface area contributed by atoms with Crippen molar-refractivity contribution in [1.29, 1.82) is 0 Å². The number of hydrogen-bond donors (Lipinski definition) is 2. The van der Waals surface area contributed by atoms with E-state index >= 15 is 0 Å². The smallest absolute Gasteiger partial charge is 0.252 e. The Morgan fingerprint density at radius 2 is 2.15 bits per heavy atom. The molecule has 0 aromatic carbocycles. The lowest BCUT2D eigenvalue weighted by molar-refractivity contribution is 0.186. The second kappa shape index (κ2) is 5.25. The van der Waals surface area contributed by atoms with E-state index in [9.17, 15) is 8.42 Å². The number of nitrogens with zero attached hydrogens (tertiary/aromatic N) is 2. The number of sulfonamides is 1. The normalized spacial score (nSPS) is 27.6. The molecule has 2 aliphatic rings. The highest BCUT2D eigenvalue weighted by Gasteiger charge is 2.38. The first-order chi connectivity index (χ1) is 9.47. The topological polar surface area (TPSA) is 88.3 Å². The Morgan fingerprint density at radius 1 is 1.35 bits per heavy atom. The van der Waals surface area contributed by atoms with E-state index < -0.39 is 10.0 Å². The van der Waals surface area contributed by atoms with E-state index in [2.05, 4.69) is 14.6 Å². The number of piperidine rings is 1. The zero-order chi connectivity index (χ0) is 14.3. The summed E-state index contributed by atoms with van der Waals surface area (Å²) < 4.78 is 28.1. The lowest BCUT2D eigenvalue weighted by atomic mass is 10.00. The van der Waals surface area contributed by atoms with Crippen LogP contribution in [0.5, 0.6) is 0 Å². The van der Waals surface area contributed by atoms with Gasteiger partial charge >= 0.3 is 0 Å². The van der Waals surface area contributed by atoms with Crippen molar-refractivity contribution in [3.8, 4) is 0 Å². The molecule has 6 nitrogen and oxygen atoms in total. The molecule has 112 valence electrons. The molecule has 0 radical (unpaired) electrons. The molecular formula is C12H20N4O2S2. The second-order valence-electron chi connectivity index (χ2n) is 5.54. The van der Waals surface area contributed by atoms with Crippen LogP contribution >= 0.6 is 11.3 Å². The Hall–Kier alpha value is -0.700. The average Bonchev–Trinajstić information content (AvgIpc) is 2.94. The molecule has 2 saturated heterocycles. The first-order valence-electron chi connectivity index (χ1n) is 6.96. The van der Waals surface area contributed by atoms with E-state index in [0.29, 0.717) is 16.9 Å². The molecule has 0 amide bonds. The third-order valence-corrected chi connectivity index (χ3v) is 7.26. The Balaban J connectivity index is 1.78. The van der Waals surface area contributed by atoms with Crippen molar-refractivity contribution < 1.29 is 8.42 Å². The summed E-state index contributed by atoms with van der Waals surface area (Å²) in [5, 5.41) is 0.300. The van der Waals surface area contributed by atoms with Gasteiger partial charge in [-0.3, -0.25) is 4.90 Å². The fraction of sp³-hybridized carbons (Fsp3) is 0.750. The zero-order valence-corrected chi connectivity index (χ0v) is 13.1. The van der Waals surface area contributed by atoms with Crippen molar-refractivity contribution >= 4 is 26.5 Å². The number of nitrogen functional groups attached to an aromatic ring is 1. The molecule has 1 aromatic rings. The highest BCUT2D eigenvalue weighted by atomic mass is 32.2. The summed E-state index contributed by atoms with van der Waals surface area (Å²) in [4.78, 5) is 6.41. The van der Waals surface area contributed by atoms with Gasteiger partial charge in [0.05, 0.1) is 5.69 Å². The molecule has 20 heavy (non-hydrogen) atoms. The summed E-state index contributed by atoms with van der Waals surface area (Å²) in [6.45, 7) is 3.76. The molecule has 3 heterocycles. The van der Waals surface area contributed by atoms with Crippen molar-refractivity contribution in [2.24, 2.45) is 0 Å². The molecule has 2 unspecified atom stereocenters. The van der Waals surface area contributed by atoms with Crippen LogP contribution in [0.3, 0.4) is 0 Å². The van der Waals surface area contributed by atoms with Gasteiger partial charge in [0.2, 0.25) is 0 Å². The zero-order valence-electron chi connectivity index (χ0n) is 11.5. The molecule has 0 aliphatic carbocycles. The Labute approximate surface area is 123 Å². The van der Waals surface area contributed by atoms with Crippen molar-refractivity contribution in [3.05, 3.63) is 5.69 Å². The number of fused-ring (bicyclic) bond motifs is 1. The van der Waals surface area contributed by atoms with Crippen LogP contribution in [-0.4, -0.2) is 43.5 Å². The molecular weight excluding hydrogens is 296 g/mol. The third-order valence-electron chi connectivity index (χ3n) is 4.18. The summed E-state index contributed by atoms with van der Waals surface area (Å²) in [5.74, 6) is 0. The monoisotopic (exact) mass is 316 g/mol. The summed E-state index contributed by atoms with van der Waals surface area (Å²) >= 11 is 1.04. The number of aryl methyl sites for hydroxylation is 1. The molecule has 0 spiro atoms. The Morgan fingerprint density at radius 3 is 2.85 bits per heavy atom. The highest BCUT2D eigenvalue weighted by molar-refractivity contribution is 7.91. The van der Waals surface area contributed by atoms with Gasteiger partial charge in [-0.1, -0.05) is 17.8 Å². The van der Waals surface area contributed by atoms with Gasteiger partial charge in [0.15, 0.2) is 9.34 Å². The van der Waals surface area contributed by atoms with Gasteiger partial charge in [-0.2, -0.15) is 0 Å².